The molecule has 5 heterocycles. The lowest BCUT2D eigenvalue weighted by Crippen LogP contribution is -2.00. The van der Waals surface area contributed by atoms with Gasteiger partial charge in [0.15, 0.2) is 28.9 Å². The highest BCUT2D eigenvalue weighted by Crippen LogP contribution is 2.43. The summed E-state index contributed by atoms with van der Waals surface area (Å²) in [4.78, 5) is 25.8. The van der Waals surface area contributed by atoms with Crippen molar-refractivity contribution in [2.45, 2.75) is 0 Å². The van der Waals surface area contributed by atoms with Gasteiger partial charge in [-0.25, -0.2) is 24.9 Å². The van der Waals surface area contributed by atoms with Gasteiger partial charge >= 0.3 is 0 Å². The third-order valence-corrected chi connectivity index (χ3v) is 13.0. The van der Waals surface area contributed by atoms with Crippen molar-refractivity contribution in [2.75, 3.05) is 0 Å². The first kappa shape index (κ1) is 35.4. The number of para-hydroxylation sites is 3. The van der Waals surface area contributed by atoms with Gasteiger partial charge in [0.05, 0.1) is 11.0 Å². The van der Waals surface area contributed by atoms with Crippen molar-refractivity contribution >= 4 is 75.4 Å². The van der Waals surface area contributed by atoms with Gasteiger partial charge in [0.1, 0.15) is 16.8 Å². The summed E-state index contributed by atoms with van der Waals surface area (Å²) in [7, 11) is 0. The van der Waals surface area contributed by atoms with Crippen molar-refractivity contribution < 1.29 is 4.42 Å². The van der Waals surface area contributed by atoms with Crippen LogP contribution in [-0.2, 0) is 0 Å². The highest BCUT2D eigenvalue weighted by atomic mass is 32.1. The number of hydrogen-bond donors (Lipinski definition) is 0. The van der Waals surface area contributed by atoms with Gasteiger partial charge < -0.3 is 8.98 Å². The predicted molar refractivity (Wildman–Crippen MR) is 257 cm³/mol. The normalized spacial score (nSPS) is 11.8. The van der Waals surface area contributed by atoms with Gasteiger partial charge in [-0.1, -0.05) is 146 Å². The third kappa shape index (κ3) is 5.76. The number of benzene rings is 8. The molecular formula is C55H32N6OS. The quantitative estimate of drug-likeness (QED) is 0.166. The van der Waals surface area contributed by atoms with Crippen LogP contribution in [0.5, 0.6) is 0 Å². The van der Waals surface area contributed by atoms with Crippen molar-refractivity contribution in [3.05, 3.63) is 194 Å². The summed E-state index contributed by atoms with van der Waals surface area (Å²) in [5.74, 6) is 2.53. The number of aromatic nitrogens is 6. The van der Waals surface area contributed by atoms with E-state index < -0.39 is 0 Å². The van der Waals surface area contributed by atoms with E-state index in [9.17, 15) is 0 Å². The van der Waals surface area contributed by atoms with E-state index in [1.165, 1.54) is 10.8 Å². The molecule has 63 heavy (non-hydrogen) atoms. The minimum atomic E-state index is 0.629. The van der Waals surface area contributed by atoms with Crippen LogP contribution in [0.25, 0.3) is 127 Å². The molecule has 0 saturated carbocycles. The molecule has 0 unspecified atom stereocenters. The maximum atomic E-state index is 6.61. The van der Waals surface area contributed by atoms with Crippen LogP contribution in [0.4, 0.5) is 0 Å². The van der Waals surface area contributed by atoms with E-state index in [-0.39, 0.29) is 0 Å². The number of hydrogen-bond acceptors (Lipinski definition) is 7. The monoisotopic (exact) mass is 824 g/mol. The summed E-state index contributed by atoms with van der Waals surface area (Å²) in [5.41, 5.74) is 11.0. The molecule has 0 aliphatic rings. The van der Waals surface area contributed by atoms with Gasteiger partial charge in [-0.05, 0) is 48.5 Å². The lowest BCUT2D eigenvalue weighted by molar-refractivity contribution is 0.667. The van der Waals surface area contributed by atoms with Gasteiger partial charge in [0, 0.05) is 69.8 Å². The summed E-state index contributed by atoms with van der Waals surface area (Å²) in [5, 5.41) is 5.54. The molecule has 0 radical (unpaired) electrons. The fraction of sp³-hybridized carbons (Fsp3) is 0. The maximum absolute atomic E-state index is 6.61. The highest BCUT2D eigenvalue weighted by Gasteiger charge is 2.22. The van der Waals surface area contributed by atoms with Crippen LogP contribution in [0, 0.1) is 0 Å². The summed E-state index contributed by atoms with van der Waals surface area (Å²) < 4.78 is 11.2. The topological polar surface area (TPSA) is 82.5 Å². The molecule has 5 aromatic heterocycles. The van der Waals surface area contributed by atoms with Gasteiger partial charge in [-0.15, -0.1) is 11.3 Å². The molecule has 13 rings (SSSR count). The zero-order valence-corrected chi connectivity index (χ0v) is 34.3. The zero-order chi connectivity index (χ0) is 41.4. The SMILES string of the molecule is c1ccc(-c2nc(-c3ccccc3)nc(-c3cccc4sc5cc(-c6nc(-c7ccc8c9ccccc9n(-c9ccccc9)c8c7)nc7c6oc6ccccc67)ccc5c34)n2)cc1. The Morgan fingerprint density at radius 2 is 1.02 bits per heavy atom. The van der Waals surface area contributed by atoms with E-state index in [0.717, 1.165) is 86.9 Å². The van der Waals surface area contributed by atoms with Crippen molar-refractivity contribution in [3.63, 3.8) is 0 Å². The molecule has 0 N–H and O–H groups in total. The van der Waals surface area contributed by atoms with Gasteiger partial charge in [0.25, 0.3) is 0 Å². The molecular weight excluding hydrogens is 793 g/mol. The van der Waals surface area contributed by atoms with Crippen molar-refractivity contribution in [1.29, 1.82) is 0 Å². The van der Waals surface area contributed by atoms with E-state index in [2.05, 4.69) is 120 Å². The van der Waals surface area contributed by atoms with E-state index in [4.69, 9.17) is 29.3 Å². The highest BCUT2D eigenvalue weighted by molar-refractivity contribution is 7.26. The first-order chi connectivity index (χ1) is 31.2. The molecule has 0 fully saturated rings. The van der Waals surface area contributed by atoms with Crippen molar-refractivity contribution in [2.24, 2.45) is 0 Å². The fourth-order valence-electron chi connectivity index (χ4n) is 8.97. The smallest absolute Gasteiger partial charge is 0.180 e. The Morgan fingerprint density at radius 3 is 1.79 bits per heavy atom. The minimum Gasteiger partial charge on any atom is -0.452 e. The standard InChI is InChI=1S/C55H32N6OS/c1-4-15-33(16-5-1)52-58-53(34-17-6-2-7-18-34)60-55(59-52)42-23-14-26-46-48(42)41-30-27-35(32-47(41)63-46)49-51-50(40-22-11-13-25-45(40)62-51)57-54(56-49)36-28-29-39-38-21-10-12-24-43(38)61(44(39)31-36)37-19-8-3-9-20-37/h1-32H. The Hall–Kier alpha value is -8.33. The Balaban J connectivity index is 0.996. The molecule has 0 atom stereocenters. The summed E-state index contributed by atoms with van der Waals surface area (Å²) in [6.45, 7) is 0. The molecule has 7 nitrogen and oxygen atoms in total. The fourth-order valence-corrected chi connectivity index (χ4v) is 10.1. The van der Waals surface area contributed by atoms with E-state index in [0.29, 0.717) is 28.9 Å². The van der Waals surface area contributed by atoms with Crippen LogP contribution < -0.4 is 0 Å². The lowest BCUT2D eigenvalue weighted by Gasteiger charge is -2.10. The molecule has 0 bridgehead atoms. The molecule has 0 saturated heterocycles. The predicted octanol–water partition coefficient (Wildman–Crippen LogP) is 14.4. The number of furan rings is 1. The largest absolute Gasteiger partial charge is 0.452 e. The van der Waals surface area contributed by atoms with Crippen LogP contribution in [0.15, 0.2) is 199 Å². The maximum Gasteiger partial charge on any atom is 0.180 e. The summed E-state index contributed by atoms with van der Waals surface area (Å²) in [6, 6.07) is 66.9. The molecule has 13 aromatic rings. The molecule has 0 amide bonds. The van der Waals surface area contributed by atoms with Gasteiger partial charge in [-0.3, -0.25) is 0 Å². The van der Waals surface area contributed by atoms with Crippen LogP contribution in [0.3, 0.4) is 0 Å². The van der Waals surface area contributed by atoms with Crippen molar-refractivity contribution in [1.82, 2.24) is 29.5 Å². The molecule has 8 aromatic carbocycles. The van der Waals surface area contributed by atoms with Crippen LogP contribution in [0.1, 0.15) is 0 Å². The first-order valence-corrected chi connectivity index (χ1v) is 21.6. The zero-order valence-electron chi connectivity index (χ0n) is 33.5. The Labute approximate surface area is 364 Å². The molecule has 0 spiro atoms. The minimum absolute atomic E-state index is 0.629. The average molecular weight is 825 g/mol. The second kappa shape index (κ2) is 14.1. The number of nitrogens with zero attached hydrogens (tertiary/aromatic N) is 6. The molecule has 8 heteroatoms. The summed E-state index contributed by atoms with van der Waals surface area (Å²) >= 11 is 1.75. The Bertz CT molecular complexity index is 3860. The summed E-state index contributed by atoms with van der Waals surface area (Å²) in [6.07, 6.45) is 0. The van der Waals surface area contributed by atoms with Crippen molar-refractivity contribution in [3.8, 4) is 62.5 Å². The van der Waals surface area contributed by atoms with E-state index in [1.54, 1.807) is 11.3 Å². The lowest BCUT2D eigenvalue weighted by atomic mass is 10.0. The average Bonchev–Trinajstić information content (AvgIpc) is 4.03. The van der Waals surface area contributed by atoms with Gasteiger partial charge in [0.2, 0.25) is 0 Å². The van der Waals surface area contributed by atoms with Crippen LogP contribution in [0.2, 0.25) is 0 Å². The molecule has 0 aliphatic heterocycles. The molecule has 0 aliphatic carbocycles. The van der Waals surface area contributed by atoms with Gasteiger partial charge in [-0.2, -0.15) is 0 Å². The number of rotatable bonds is 6. The first-order valence-electron chi connectivity index (χ1n) is 20.8. The van der Waals surface area contributed by atoms with E-state index in [1.807, 2.05) is 78.9 Å². The Morgan fingerprint density at radius 1 is 0.397 bits per heavy atom. The second-order valence-corrected chi connectivity index (χ2v) is 16.7. The third-order valence-electron chi connectivity index (χ3n) is 11.9. The van der Waals surface area contributed by atoms with Crippen LogP contribution in [-0.4, -0.2) is 29.5 Å². The number of fused-ring (bicyclic) bond motifs is 9. The number of thiophene rings is 1. The van der Waals surface area contributed by atoms with E-state index >= 15 is 0 Å². The Kier molecular flexibility index (Phi) is 7.94. The van der Waals surface area contributed by atoms with Crippen LogP contribution >= 0.6 is 11.3 Å². The molecule has 294 valence electrons. The second-order valence-electron chi connectivity index (χ2n) is 15.6.